The van der Waals surface area contributed by atoms with Crippen LogP contribution >= 0.6 is 0 Å². The van der Waals surface area contributed by atoms with E-state index in [1.54, 1.807) is 11.9 Å². The molecule has 0 spiro atoms. The third-order valence-corrected chi connectivity index (χ3v) is 2.90. The maximum atomic E-state index is 11.9. The van der Waals surface area contributed by atoms with Crippen molar-refractivity contribution in [3.63, 3.8) is 0 Å². The van der Waals surface area contributed by atoms with Crippen molar-refractivity contribution < 1.29 is 9.32 Å². The lowest BCUT2D eigenvalue weighted by molar-refractivity contribution is 0.0780. The van der Waals surface area contributed by atoms with Crippen molar-refractivity contribution in [3.8, 4) is 0 Å². The molecule has 2 rings (SSSR count). The molecule has 0 radical (unpaired) electrons. The van der Waals surface area contributed by atoms with E-state index in [2.05, 4.69) is 15.5 Å². The number of nitrogens with one attached hydrogen (secondary N) is 1. The first-order valence-electron chi connectivity index (χ1n) is 6.04. The molecule has 1 saturated heterocycles. The molecular formula is C11H18N4O2. The third-order valence-electron chi connectivity index (χ3n) is 2.90. The molecule has 17 heavy (non-hydrogen) atoms. The van der Waals surface area contributed by atoms with Gasteiger partial charge in [-0.1, -0.05) is 12.1 Å². The maximum absolute atomic E-state index is 11.9. The summed E-state index contributed by atoms with van der Waals surface area (Å²) in [4.78, 5) is 17.7. The zero-order chi connectivity index (χ0) is 12.3. The normalized spacial score (nSPS) is 19.5. The van der Waals surface area contributed by atoms with Gasteiger partial charge in [-0.15, -0.1) is 0 Å². The molecule has 1 aromatic heterocycles. The minimum Gasteiger partial charge on any atom is -0.339 e. The van der Waals surface area contributed by atoms with Gasteiger partial charge < -0.3 is 14.7 Å². The second-order valence-corrected chi connectivity index (χ2v) is 4.33. The Kier molecular flexibility index (Phi) is 3.73. The van der Waals surface area contributed by atoms with Crippen LogP contribution in [0.1, 0.15) is 48.7 Å². The second kappa shape index (κ2) is 5.27. The van der Waals surface area contributed by atoms with Crippen molar-refractivity contribution in [1.29, 1.82) is 0 Å². The standard InChI is InChI=1S/C11H18N4O2/c1-3-7-15(2)11(16)9-13-10(17-14-9)8-5-4-6-12-8/h8,12H,3-7H2,1-2H3. The van der Waals surface area contributed by atoms with Gasteiger partial charge in [0.2, 0.25) is 5.89 Å². The summed E-state index contributed by atoms with van der Waals surface area (Å²) in [5, 5.41) is 7.01. The molecule has 1 amide bonds. The van der Waals surface area contributed by atoms with Crippen LogP contribution in [0.2, 0.25) is 0 Å². The number of aromatic nitrogens is 2. The van der Waals surface area contributed by atoms with Crippen molar-refractivity contribution >= 4 is 5.91 Å². The quantitative estimate of drug-likeness (QED) is 0.846. The van der Waals surface area contributed by atoms with E-state index in [4.69, 9.17) is 4.52 Å². The highest BCUT2D eigenvalue weighted by Crippen LogP contribution is 2.21. The SMILES string of the molecule is CCCN(C)C(=O)c1noc(C2CCCN2)n1. The molecule has 6 heteroatoms. The minimum absolute atomic E-state index is 0.112. The number of hydrogen-bond donors (Lipinski definition) is 1. The third kappa shape index (κ3) is 2.63. The smallest absolute Gasteiger partial charge is 0.295 e. The van der Waals surface area contributed by atoms with E-state index in [1.165, 1.54) is 0 Å². The highest BCUT2D eigenvalue weighted by molar-refractivity contribution is 5.90. The Balaban J connectivity index is 2.04. The first-order valence-corrected chi connectivity index (χ1v) is 6.04. The molecule has 0 aromatic carbocycles. The van der Waals surface area contributed by atoms with Crippen LogP contribution < -0.4 is 5.32 Å². The van der Waals surface area contributed by atoms with Gasteiger partial charge in [-0.2, -0.15) is 4.98 Å². The van der Waals surface area contributed by atoms with Gasteiger partial charge in [0.1, 0.15) is 0 Å². The van der Waals surface area contributed by atoms with Crippen molar-refractivity contribution in [1.82, 2.24) is 20.4 Å². The number of amides is 1. The summed E-state index contributed by atoms with van der Waals surface area (Å²) in [6, 6.07) is 0.112. The Labute approximate surface area is 100 Å². The molecule has 2 heterocycles. The zero-order valence-electron chi connectivity index (χ0n) is 10.3. The van der Waals surface area contributed by atoms with Gasteiger partial charge in [-0.3, -0.25) is 4.79 Å². The molecule has 0 saturated carbocycles. The van der Waals surface area contributed by atoms with E-state index in [0.29, 0.717) is 12.4 Å². The Morgan fingerprint density at radius 2 is 2.47 bits per heavy atom. The summed E-state index contributed by atoms with van der Waals surface area (Å²) in [5.41, 5.74) is 0. The summed E-state index contributed by atoms with van der Waals surface area (Å²) in [5.74, 6) is 0.500. The summed E-state index contributed by atoms with van der Waals surface area (Å²) >= 11 is 0. The van der Waals surface area contributed by atoms with E-state index < -0.39 is 0 Å². The molecule has 1 N–H and O–H groups in total. The first-order chi connectivity index (χ1) is 8.22. The monoisotopic (exact) mass is 238 g/mol. The minimum atomic E-state index is -0.181. The van der Waals surface area contributed by atoms with Crippen LogP contribution in [0, 0.1) is 0 Å². The van der Waals surface area contributed by atoms with Crippen LogP contribution in [0.15, 0.2) is 4.52 Å². The number of carbonyl (C=O) groups excluding carboxylic acids is 1. The fraction of sp³-hybridized carbons (Fsp3) is 0.727. The van der Waals surface area contributed by atoms with E-state index in [-0.39, 0.29) is 17.8 Å². The number of rotatable bonds is 4. The number of carbonyl (C=O) groups is 1. The Morgan fingerprint density at radius 3 is 3.12 bits per heavy atom. The van der Waals surface area contributed by atoms with E-state index >= 15 is 0 Å². The predicted molar refractivity (Wildman–Crippen MR) is 61.5 cm³/mol. The molecule has 1 atom stereocenters. The lowest BCUT2D eigenvalue weighted by Gasteiger charge is -2.12. The van der Waals surface area contributed by atoms with Crippen molar-refractivity contribution in [2.24, 2.45) is 0 Å². The van der Waals surface area contributed by atoms with Gasteiger partial charge in [0.05, 0.1) is 6.04 Å². The molecule has 1 fully saturated rings. The van der Waals surface area contributed by atoms with E-state index in [0.717, 1.165) is 25.8 Å². The fourth-order valence-electron chi connectivity index (χ4n) is 1.97. The average molecular weight is 238 g/mol. The first kappa shape index (κ1) is 12.0. The second-order valence-electron chi connectivity index (χ2n) is 4.33. The number of nitrogens with zero attached hydrogens (tertiary/aromatic N) is 3. The average Bonchev–Trinajstić information content (AvgIpc) is 2.98. The largest absolute Gasteiger partial charge is 0.339 e. The molecule has 0 aliphatic carbocycles. The Bertz CT molecular complexity index is 385. The number of hydrogen-bond acceptors (Lipinski definition) is 5. The highest BCUT2D eigenvalue weighted by atomic mass is 16.5. The van der Waals surface area contributed by atoms with Gasteiger partial charge in [0.25, 0.3) is 11.7 Å². The summed E-state index contributed by atoms with van der Waals surface area (Å²) in [6.45, 7) is 3.68. The summed E-state index contributed by atoms with van der Waals surface area (Å²) < 4.78 is 5.13. The van der Waals surface area contributed by atoms with Crippen LogP contribution in [0.5, 0.6) is 0 Å². The fourth-order valence-corrected chi connectivity index (χ4v) is 1.97. The summed E-state index contributed by atoms with van der Waals surface area (Å²) in [6.07, 6.45) is 3.00. The molecule has 1 aromatic rings. The van der Waals surface area contributed by atoms with E-state index in [1.807, 2.05) is 6.92 Å². The van der Waals surface area contributed by atoms with E-state index in [9.17, 15) is 4.79 Å². The van der Waals surface area contributed by atoms with Gasteiger partial charge >= 0.3 is 0 Å². The van der Waals surface area contributed by atoms with Gasteiger partial charge in [0, 0.05) is 13.6 Å². The molecule has 6 nitrogen and oxygen atoms in total. The van der Waals surface area contributed by atoms with Crippen molar-refractivity contribution in [2.75, 3.05) is 20.1 Å². The lowest BCUT2D eigenvalue weighted by atomic mass is 10.2. The Hall–Kier alpha value is -1.43. The molecule has 1 aliphatic rings. The Morgan fingerprint density at radius 1 is 1.65 bits per heavy atom. The van der Waals surface area contributed by atoms with Crippen LogP contribution in [0.25, 0.3) is 0 Å². The van der Waals surface area contributed by atoms with Crippen LogP contribution in [0.3, 0.4) is 0 Å². The molecular weight excluding hydrogens is 220 g/mol. The van der Waals surface area contributed by atoms with Gasteiger partial charge in [-0.25, -0.2) is 0 Å². The molecule has 94 valence electrons. The molecule has 1 unspecified atom stereocenters. The topological polar surface area (TPSA) is 71.3 Å². The molecule has 0 bridgehead atoms. The summed E-state index contributed by atoms with van der Waals surface area (Å²) in [7, 11) is 1.75. The van der Waals surface area contributed by atoms with Crippen LogP contribution in [-0.4, -0.2) is 41.1 Å². The van der Waals surface area contributed by atoms with Crippen LogP contribution in [0.4, 0.5) is 0 Å². The highest BCUT2D eigenvalue weighted by Gasteiger charge is 2.25. The van der Waals surface area contributed by atoms with Crippen LogP contribution in [-0.2, 0) is 0 Å². The maximum Gasteiger partial charge on any atom is 0.295 e. The lowest BCUT2D eigenvalue weighted by Crippen LogP contribution is -2.28. The van der Waals surface area contributed by atoms with Crippen molar-refractivity contribution in [3.05, 3.63) is 11.7 Å². The predicted octanol–water partition coefficient (Wildman–Crippen LogP) is 0.976. The zero-order valence-corrected chi connectivity index (χ0v) is 10.3. The van der Waals surface area contributed by atoms with Gasteiger partial charge in [0.15, 0.2) is 0 Å². The molecule has 1 aliphatic heterocycles. The van der Waals surface area contributed by atoms with Gasteiger partial charge in [-0.05, 0) is 25.8 Å². The van der Waals surface area contributed by atoms with Crippen molar-refractivity contribution in [2.45, 2.75) is 32.2 Å².